The molecule has 0 fully saturated rings. The topological polar surface area (TPSA) is 3.24 Å². The normalized spacial score (nSPS) is 19.1. The Morgan fingerprint density at radius 2 is 2.22 bits per heavy atom. The molecule has 0 spiro atoms. The lowest BCUT2D eigenvalue weighted by molar-refractivity contribution is 0.496. The van der Waals surface area contributed by atoms with E-state index in [-0.39, 0.29) is 0 Å². The van der Waals surface area contributed by atoms with Crippen LogP contribution in [0.4, 0.5) is 0 Å². The highest BCUT2D eigenvalue weighted by atomic mass is 15.1. The number of rotatable bonds is 1. The SMILES string of the molecule is CC(C)C1=CN(C)CC1. The van der Waals surface area contributed by atoms with E-state index in [2.05, 4.69) is 32.0 Å². The van der Waals surface area contributed by atoms with E-state index >= 15 is 0 Å². The molecule has 0 aromatic heterocycles. The summed E-state index contributed by atoms with van der Waals surface area (Å²) in [5.41, 5.74) is 1.59. The van der Waals surface area contributed by atoms with Crippen molar-refractivity contribution in [3.8, 4) is 0 Å². The van der Waals surface area contributed by atoms with Gasteiger partial charge in [-0.25, -0.2) is 0 Å². The highest BCUT2D eigenvalue weighted by Gasteiger charge is 2.10. The van der Waals surface area contributed by atoms with Crippen LogP contribution in [0, 0.1) is 5.92 Å². The lowest BCUT2D eigenvalue weighted by Crippen LogP contribution is -2.04. The van der Waals surface area contributed by atoms with Crippen LogP contribution in [-0.2, 0) is 0 Å². The van der Waals surface area contributed by atoms with Crippen LogP contribution in [0.15, 0.2) is 11.8 Å². The summed E-state index contributed by atoms with van der Waals surface area (Å²) in [5, 5.41) is 0. The molecule has 0 unspecified atom stereocenters. The largest absolute Gasteiger partial charge is 0.380 e. The van der Waals surface area contributed by atoms with Crippen LogP contribution in [0.3, 0.4) is 0 Å². The van der Waals surface area contributed by atoms with Gasteiger partial charge in [0.25, 0.3) is 0 Å². The van der Waals surface area contributed by atoms with Crippen LogP contribution in [-0.4, -0.2) is 18.5 Å². The third kappa shape index (κ3) is 1.47. The second-order valence-electron chi connectivity index (χ2n) is 3.09. The van der Waals surface area contributed by atoms with Gasteiger partial charge in [0.1, 0.15) is 0 Å². The Labute approximate surface area is 57.4 Å². The van der Waals surface area contributed by atoms with Crippen molar-refractivity contribution in [3.63, 3.8) is 0 Å². The quantitative estimate of drug-likeness (QED) is 0.517. The van der Waals surface area contributed by atoms with E-state index in [1.165, 1.54) is 13.0 Å². The Bertz CT molecular complexity index is 125. The summed E-state index contributed by atoms with van der Waals surface area (Å²) in [6, 6.07) is 0. The Morgan fingerprint density at radius 3 is 2.44 bits per heavy atom. The van der Waals surface area contributed by atoms with Gasteiger partial charge in [-0.1, -0.05) is 19.4 Å². The summed E-state index contributed by atoms with van der Waals surface area (Å²) < 4.78 is 0. The molecule has 1 rings (SSSR count). The van der Waals surface area contributed by atoms with Gasteiger partial charge in [-0.15, -0.1) is 0 Å². The van der Waals surface area contributed by atoms with Gasteiger partial charge in [0.2, 0.25) is 0 Å². The highest BCUT2D eigenvalue weighted by molar-refractivity contribution is 5.09. The predicted octanol–water partition coefficient (Wildman–Crippen LogP) is 1.86. The molecule has 9 heavy (non-hydrogen) atoms. The highest BCUT2D eigenvalue weighted by Crippen LogP contribution is 2.19. The molecule has 1 heteroatoms. The molecular formula is C8H15N. The molecule has 0 saturated carbocycles. The molecular weight excluding hydrogens is 110 g/mol. The van der Waals surface area contributed by atoms with Gasteiger partial charge in [0, 0.05) is 13.6 Å². The van der Waals surface area contributed by atoms with Crippen molar-refractivity contribution in [2.45, 2.75) is 20.3 Å². The number of nitrogens with zero attached hydrogens (tertiary/aromatic N) is 1. The van der Waals surface area contributed by atoms with Gasteiger partial charge in [0.15, 0.2) is 0 Å². The van der Waals surface area contributed by atoms with Crippen LogP contribution < -0.4 is 0 Å². The van der Waals surface area contributed by atoms with Crippen molar-refractivity contribution in [2.24, 2.45) is 5.92 Å². The van der Waals surface area contributed by atoms with Gasteiger partial charge in [0.05, 0.1) is 0 Å². The molecule has 0 aromatic rings. The average Bonchev–Trinajstić information content (AvgIpc) is 2.14. The molecule has 0 amide bonds. The second kappa shape index (κ2) is 2.42. The first-order valence-electron chi connectivity index (χ1n) is 3.61. The Balaban J connectivity index is 2.52. The number of hydrogen-bond acceptors (Lipinski definition) is 1. The van der Waals surface area contributed by atoms with Gasteiger partial charge in [-0.2, -0.15) is 0 Å². The summed E-state index contributed by atoms with van der Waals surface area (Å²) in [7, 11) is 2.13. The monoisotopic (exact) mass is 125 g/mol. The maximum absolute atomic E-state index is 2.27. The van der Waals surface area contributed by atoms with E-state index < -0.39 is 0 Å². The fourth-order valence-corrected chi connectivity index (χ4v) is 1.16. The zero-order valence-electron chi connectivity index (χ0n) is 6.52. The zero-order valence-corrected chi connectivity index (χ0v) is 6.52. The Kier molecular flexibility index (Phi) is 1.79. The lowest BCUT2D eigenvalue weighted by Gasteiger charge is -2.02. The van der Waals surface area contributed by atoms with E-state index in [4.69, 9.17) is 0 Å². The minimum atomic E-state index is 0.745. The minimum absolute atomic E-state index is 0.745. The maximum Gasteiger partial charge on any atom is 0.0207 e. The van der Waals surface area contributed by atoms with Crippen LogP contribution >= 0.6 is 0 Å². The molecule has 1 nitrogen and oxygen atoms in total. The van der Waals surface area contributed by atoms with Crippen molar-refractivity contribution in [3.05, 3.63) is 11.8 Å². The van der Waals surface area contributed by atoms with Gasteiger partial charge in [-0.05, 0) is 18.5 Å². The second-order valence-corrected chi connectivity index (χ2v) is 3.09. The lowest BCUT2D eigenvalue weighted by atomic mass is 10.0. The van der Waals surface area contributed by atoms with Gasteiger partial charge in [-0.3, -0.25) is 0 Å². The van der Waals surface area contributed by atoms with Crippen molar-refractivity contribution in [2.75, 3.05) is 13.6 Å². The molecule has 0 bridgehead atoms. The van der Waals surface area contributed by atoms with Crippen molar-refractivity contribution in [1.29, 1.82) is 0 Å². The fourth-order valence-electron chi connectivity index (χ4n) is 1.16. The fraction of sp³-hybridized carbons (Fsp3) is 0.750. The van der Waals surface area contributed by atoms with Crippen molar-refractivity contribution < 1.29 is 0 Å². The summed E-state index contributed by atoms with van der Waals surface area (Å²) in [6.07, 6.45) is 3.54. The molecule has 1 aliphatic heterocycles. The van der Waals surface area contributed by atoms with E-state index in [0.717, 1.165) is 5.92 Å². The van der Waals surface area contributed by atoms with Crippen LogP contribution in [0.2, 0.25) is 0 Å². The molecule has 0 aromatic carbocycles. The Hall–Kier alpha value is -0.460. The third-order valence-corrected chi connectivity index (χ3v) is 1.88. The van der Waals surface area contributed by atoms with E-state index in [0.29, 0.717) is 0 Å². The Morgan fingerprint density at radius 1 is 1.56 bits per heavy atom. The first-order valence-corrected chi connectivity index (χ1v) is 3.61. The van der Waals surface area contributed by atoms with Crippen LogP contribution in [0.1, 0.15) is 20.3 Å². The maximum atomic E-state index is 2.27. The minimum Gasteiger partial charge on any atom is -0.380 e. The van der Waals surface area contributed by atoms with Gasteiger partial charge >= 0.3 is 0 Å². The molecule has 0 N–H and O–H groups in total. The zero-order chi connectivity index (χ0) is 6.85. The summed E-state index contributed by atoms with van der Waals surface area (Å²) in [4.78, 5) is 2.26. The van der Waals surface area contributed by atoms with Crippen molar-refractivity contribution in [1.82, 2.24) is 4.90 Å². The molecule has 0 radical (unpaired) electrons. The van der Waals surface area contributed by atoms with Crippen LogP contribution in [0.25, 0.3) is 0 Å². The first-order chi connectivity index (χ1) is 4.20. The molecule has 1 heterocycles. The summed E-state index contributed by atoms with van der Waals surface area (Å²) in [6.45, 7) is 5.73. The molecule has 0 atom stereocenters. The van der Waals surface area contributed by atoms with Crippen LogP contribution in [0.5, 0.6) is 0 Å². The molecule has 52 valence electrons. The first kappa shape index (κ1) is 6.66. The van der Waals surface area contributed by atoms with Gasteiger partial charge < -0.3 is 4.90 Å². The number of hydrogen-bond donors (Lipinski definition) is 0. The average molecular weight is 125 g/mol. The molecule has 1 aliphatic rings. The van der Waals surface area contributed by atoms with E-state index in [9.17, 15) is 0 Å². The predicted molar refractivity (Wildman–Crippen MR) is 40.2 cm³/mol. The summed E-state index contributed by atoms with van der Waals surface area (Å²) in [5.74, 6) is 0.745. The molecule has 0 aliphatic carbocycles. The third-order valence-electron chi connectivity index (χ3n) is 1.88. The van der Waals surface area contributed by atoms with E-state index in [1.807, 2.05) is 0 Å². The summed E-state index contributed by atoms with van der Waals surface area (Å²) >= 11 is 0. The standard InChI is InChI=1S/C8H15N/c1-7(2)8-4-5-9(3)6-8/h6-7H,4-5H2,1-3H3. The van der Waals surface area contributed by atoms with E-state index in [1.54, 1.807) is 5.57 Å². The van der Waals surface area contributed by atoms with Crippen molar-refractivity contribution >= 4 is 0 Å². The molecule has 0 saturated heterocycles. The smallest absolute Gasteiger partial charge is 0.0207 e.